The summed E-state index contributed by atoms with van der Waals surface area (Å²) in [6.07, 6.45) is 1.58. The van der Waals surface area contributed by atoms with Crippen molar-refractivity contribution in [1.82, 2.24) is 13.7 Å². The highest BCUT2D eigenvalue weighted by Crippen LogP contribution is 2.23. The van der Waals surface area contributed by atoms with E-state index in [9.17, 15) is 25.3 Å². The normalized spacial score (nSPS) is 15.4. The molecule has 1 aliphatic carbocycles. The molecule has 0 unspecified atom stereocenters. The van der Waals surface area contributed by atoms with Crippen LogP contribution in [0.4, 0.5) is 0 Å². The standard InChI is InChI=1S/C18H23N3O6S3/c1-21(2)30(26,27)18-6-4-3-5-14(18)13-19-28(22,23)16-9-11-17(12-10-16)29(24,25)20-15-7-8-15/h3-6,9-12,15,19-20H,7-8,13H2,1-2H3. The van der Waals surface area contributed by atoms with Crippen molar-refractivity contribution in [1.29, 1.82) is 0 Å². The van der Waals surface area contributed by atoms with E-state index < -0.39 is 30.1 Å². The van der Waals surface area contributed by atoms with E-state index in [0.717, 1.165) is 17.1 Å². The molecule has 0 aliphatic heterocycles. The first-order chi connectivity index (χ1) is 13.9. The molecule has 1 fully saturated rings. The van der Waals surface area contributed by atoms with Gasteiger partial charge in [0.25, 0.3) is 0 Å². The van der Waals surface area contributed by atoms with Gasteiger partial charge in [-0.25, -0.2) is 39.0 Å². The Morgan fingerprint density at radius 1 is 0.833 bits per heavy atom. The molecule has 0 saturated heterocycles. The van der Waals surface area contributed by atoms with Crippen LogP contribution >= 0.6 is 0 Å². The monoisotopic (exact) mass is 473 g/mol. The minimum atomic E-state index is -3.99. The number of rotatable bonds is 9. The quantitative estimate of drug-likeness (QED) is 0.556. The number of nitrogens with zero attached hydrogens (tertiary/aromatic N) is 1. The van der Waals surface area contributed by atoms with Crippen LogP contribution < -0.4 is 9.44 Å². The van der Waals surface area contributed by atoms with Crippen molar-refractivity contribution in [2.24, 2.45) is 0 Å². The first kappa shape index (κ1) is 22.8. The minimum absolute atomic E-state index is 0.00490. The average Bonchev–Trinajstić information content (AvgIpc) is 3.50. The van der Waals surface area contributed by atoms with E-state index in [4.69, 9.17) is 0 Å². The molecule has 2 aromatic rings. The fraction of sp³-hybridized carbons (Fsp3) is 0.333. The zero-order chi connectivity index (χ0) is 22.2. The van der Waals surface area contributed by atoms with Gasteiger partial charge in [0.2, 0.25) is 30.1 Å². The van der Waals surface area contributed by atoms with E-state index in [0.29, 0.717) is 5.56 Å². The van der Waals surface area contributed by atoms with Crippen LogP contribution in [0.5, 0.6) is 0 Å². The first-order valence-corrected chi connectivity index (χ1v) is 13.5. The van der Waals surface area contributed by atoms with Crippen molar-refractivity contribution < 1.29 is 25.3 Å². The van der Waals surface area contributed by atoms with E-state index in [1.807, 2.05) is 0 Å². The van der Waals surface area contributed by atoms with Crippen LogP contribution in [0.2, 0.25) is 0 Å². The van der Waals surface area contributed by atoms with Crippen molar-refractivity contribution in [2.75, 3.05) is 14.1 Å². The summed E-state index contributed by atoms with van der Waals surface area (Å²) in [5.74, 6) is 0. The molecule has 1 saturated carbocycles. The number of sulfonamides is 3. The highest BCUT2D eigenvalue weighted by Gasteiger charge is 2.28. The highest BCUT2D eigenvalue weighted by atomic mass is 32.2. The SMILES string of the molecule is CN(C)S(=O)(=O)c1ccccc1CNS(=O)(=O)c1ccc(S(=O)(=O)NC2CC2)cc1. The van der Waals surface area contributed by atoms with Gasteiger partial charge in [-0.05, 0) is 48.7 Å². The molecule has 0 radical (unpaired) electrons. The molecule has 0 heterocycles. The molecule has 2 N–H and O–H groups in total. The average molecular weight is 474 g/mol. The molecular weight excluding hydrogens is 450 g/mol. The van der Waals surface area contributed by atoms with Gasteiger partial charge >= 0.3 is 0 Å². The van der Waals surface area contributed by atoms with Crippen LogP contribution in [-0.4, -0.2) is 49.7 Å². The summed E-state index contributed by atoms with van der Waals surface area (Å²) in [6.45, 7) is -0.241. The fourth-order valence-corrected chi connectivity index (χ4v) is 6.07. The van der Waals surface area contributed by atoms with Gasteiger partial charge in [-0.3, -0.25) is 0 Å². The van der Waals surface area contributed by atoms with Crippen LogP contribution in [0.15, 0.2) is 63.2 Å². The number of nitrogens with one attached hydrogen (secondary N) is 2. The number of hydrogen-bond acceptors (Lipinski definition) is 6. The lowest BCUT2D eigenvalue weighted by Gasteiger charge is -2.15. The van der Waals surface area contributed by atoms with Crippen molar-refractivity contribution in [3.63, 3.8) is 0 Å². The second kappa shape index (κ2) is 8.36. The molecule has 30 heavy (non-hydrogen) atoms. The second-order valence-corrected chi connectivity index (χ2v) is 12.7. The highest BCUT2D eigenvalue weighted by molar-refractivity contribution is 7.90. The molecule has 0 spiro atoms. The predicted molar refractivity (Wildman–Crippen MR) is 111 cm³/mol. The lowest BCUT2D eigenvalue weighted by molar-refractivity contribution is 0.519. The molecule has 0 bridgehead atoms. The molecule has 0 amide bonds. The Morgan fingerprint density at radius 2 is 1.37 bits per heavy atom. The van der Waals surface area contributed by atoms with E-state index in [-0.39, 0.29) is 27.3 Å². The van der Waals surface area contributed by atoms with E-state index in [1.165, 1.54) is 50.5 Å². The Kier molecular flexibility index (Phi) is 6.37. The summed E-state index contributed by atoms with van der Waals surface area (Å²) in [5.41, 5.74) is 0.294. The van der Waals surface area contributed by atoms with Crippen molar-refractivity contribution in [2.45, 2.75) is 40.1 Å². The van der Waals surface area contributed by atoms with Crippen LogP contribution in [0, 0.1) is 0 Å². The third-order valence-electron chi connectivity index (χ3n) is 4.53. The van der Waals surface area contributed by atoms with Crippen LogP contribution in [0.25, 0.3) is 0 Å². The van der Waals surface area contributed by atoms with Gasteiger partial charge in [0.05, 0.1) is 14.7 Å². The number of benzene rings is 2. The topological polar surface area (TPSA) is 130 Å². The molecule has 0 aromatic heterocycles. The Balaban J connectivity index is 1.78. The van der Waals surface area contributed by atoms with E-state index >= 15 is 0 Å². The Morgan fingerprint density at radius 3 is 1.90 bits per heavy atom. The maximum atomic E-state index is 12.6. The van der Waals surface area contributed by atoms with E-state index in [2.05, 4.69) is 9.44 Å². The van der Waals surface area contributed by atoms with Crippen molar-refractivity contribution in [3.8, 4) is 0 Å². The first-order valence-electron chi connectivity index (χ1n) is 9.06. The Hall–Kier alpha value is -1.83. The summed E-state index contributed by atoms with van der Waals surface area (Å²) < 4.78 is 80.5. The summed E-state index contributed by atoms with van der Waals surface area (Å²) in [4.78, 5) is -0.137. The maximum absolute atomic E-state index is 12.6. The van der Waals surface area contributed by atoms with Gasteiger partial charge in [-0.15, -0.1) is 0 Å². The summed E-state index contributed by atoms with van der Waals surface area (Å²) in [7, 11) is -8.63. The molecule has 9 nitrogen and oxygen atoms in total. The number of hydrogen-bond donors (Lipinski definition) is 2. The Labute approximate surface area is 177 Å². The van der Waals surface area contributed by atoms with Gasteiger partial charge in [0.15, 0.2) is 0 Å². The largest absolute Gasteiger partial charge is 0.242 e. The Bertz CT molecular complexity index is 1230. The van der Waals surface area contributed by atoms with Crippen molar-refractivity contribution >= 4 is 30.1 Å². The summed E-state index contributed by atoms with van der Waals surface area (Å²) in [6, 6.07) is 10.9. The maximum Gasteiger partial charge on any atom is 0.242 e. The molecule has 2 aromatic carbocycles. The van der Waals surface area contributed by atoms with Gasteiger partial charge in [-0.2, -0.15) is 0 Å². The molecule has 3 rings (SSSR count). The van der Waals surface area contributed by atoms with Gasteiger partial charge in [0.1, 0.15) is 0 Å². The van der Waals surface area contributed by atoms with Crippen molar-refractivity contribution in [3.05, 3.63) is 54.1 Å². The zero-order valence-electron chi connectivity index (χ0n) is 16.4. The zero-order valence-corrected chi connectivity index (χ0v) is 18.9. The lowest BCUT2D eigenvalue weighted by Crippen LogP contribution is -2.27. The second-order valence-electron chi connectivity index (χ2n) is 7.09. The summed E-state index contributed by atoms with van der Waals surface area (Å²) >= 11 is 0. The fourth-order valence-electron chi connectivity index (χ4n) is 2.64. The van der Waals surface area contributed by atoms with Gasteiger partial charge in [0, 0.05) is 26.7 Å². The van der Waals surface area contributed by atoms with Gasteiger partial charge in [-0.1, -0.05) is 18.2 Å². The molecule has 164 valence electrons. The van der Waals surface area contributed by atoms with Crippen LogP contribution in [0.1, 0.15) is 18.4 Å². The van der Waals surface area contributed by atoms with Crippen LogP contribution in [-0.2, 0) is 36.6 Å². The predicted octanol–water partition coefficient (Wildman–Crippen LogP) is 0.856. The molecular formula is C18H23N3O6S3. The summed E-state index contributed by atoms with van der Waals surface area (Å²) in [5, 5.41) is 0. The minimum Gasteiger partial charge on any atom is -0.208 e. The van der Waals surface area contributed by atoms with Gasteiger partial charge < -0.3 is 0 Å². The smallest absolute Gasteiger partial charge is 0.208 e. The molecule has 0 atom stereocenters. The molecule has 1 aliphatic rings. The third-order valence-corrected chi connectivity index (χ3v) is 9.40. The molecule has 12 heteroatoms. The lowest BCUT2D eigenvalue weighted by atomic mass is 10.2. The van der Waals surface area contributed by atoms with E-state index in [1.54, 1.807) is 12.1 Å². The van der Waals surface area contributed by atoms with Crippen LogP contribution in [0.3, 0.4) is 0 Å². The third kappa shape index (κ3) is 5.07.